The van der Waals surface area contributed by atoms with Gasteiger partial charge in [0.1, 0.15) is 5.03 Å². The molecule has 2 aromatic rings. The highest BCUT2D eigenvalue weighted by molar-refractivity contribution is 7.99. The summed E-state index contributed by atoms with van der Waals surface area (Å²) in [6.07, 6.45) is 1.67. The van der Waals surface area contributed by atoms with Gasteiger partial charge in [0.2, 0.25) is 0 Å². The van der Waals surface area contributed by atoms with E-state index in [1.807, 2.05) is 18.2 Å². The average Bonchev–Trinajstić information content (AvgIpc) is 2.33. The van der Waals surface area contributed by atoms with E-state index >= 15 is 0 Å². The van der Waals surface area contributed by atoms with E-state index in [1.54, 1.807) is 18.0 Å². The molecule has 16 heavy (non-hydrogen) atoms. The molecule has 0 saturated heterocycles. The summed E-state index contributed by atoms with van der Waals surface area (Å²) in [6.45, 7) is 2.57. The molecule has 0 aliphatic rings. The van der Waals surface area contributed by atoms with Crippen molar-refractivity contribution < 1.29 is 0 Å². The van der Waals surface area contributed by atoms with Crippen LogP contribution in [0.3, 0.4) is 0 Å². The third kappa shape index (κ3) is 2.40. The van der Waals surface area contributed by atoms with Gasteiger partial charge in [-0.05, 0) is 24.6 Å². The SMILES string of the molecule is Cc1ccccc1Sc1nnccc1CN. The lowest BCUT2D eigenvalue weighted by Crippen LogP contribution is -2.00. The molecule has 0 atom stereocenters. The van der Waals surface area contributed by atoms with Gasteiger partial charge >= 0.3 is 0 Å². The summed E-state index contributed by atoms with van der Waals surface area (Å²) >= 11 is 1.61. The molecule has 0 aliphatic heterocycles. The van der Waals surface area contributed by atoms with E-state index in [2.05, 4.69) is 29.3 Å². The normalized spacial score (nSPS) is 10.4. The van der Waals surface area contributed by atoms with Gasteiger partial charge in [-0.1, -0.05) is 30.0 Å². The predicted octanol–water partition coefficient (Wildman–Crippen LogP) is 2.39. The summed E-state index contributed by atoms with van der Waals surface area (Å²) in [7, 11) is 0. The summed E-state index contributed by atoms with van der Waals surface area (Å²) in [4.78, 5) is 1.19. The van der Waals surface area contributed by atoms with Crippen molar-refractivity contribution in [2.45, 2.75) is 23.4 Å². The summed E-state index contributed by atoms with van der Waals surface area (Å²) in [6, 6.07) is 10.1. The number of benzene rings is 1. The van der Waals surface area contributed by atoms with E-state index in [-0.39, 0.29) is 0 Å². The number of aryl methyl sites for hydroxylation is 1. The Bertz CT molecular complexity index is 485. The standard InChI is InChI=1S/C12H13N3S/c1-9-4-2-3-5-11(9)16-12-10(8-13)6-7-14-15-12/h2-7H,8,13H2,1H3. The molecule has 0 saturated carbocycles. The first-order chi connectivity index (χ1) is 7.81. The van der Waals surface area contributed by atoms with Crippen LogP contribution in [-0.2, 0) is 6.54 Å². The van der Waals surface area contributed by atoms with Crippen molar-refractivity contribution in [1.82, 2.24) is 10.2 Å². The van der Waals surface area contributed by atoms with Crippen molar-refractivity contribution in [1.29, 1.82) is 0 Å². The molecule has 2 N–H and O–H groups in total. The molecule has 1 aromatic carbocycles. The number of nitrogens with zero attached hydrogens (tertiary/aromatic N) is 2. The van der Waals surface area contributed by atoms with Crippen molar-refractivity contribution in [2.24, 2.45) is 5.73 Å². The van der Waals surface area contributed by atoms with Crippen molar-refractivity contribution >= 4 is 11.8 Å². The molecule has 0 amide bonds. The summed E-state index contributed by atoms with van der Waals surface area (Å²) in [5, 5.41) is 8.90. The number of hydrogen-bond donors (Lipinski definition) is 1. The van der Waals surface area contributed by atoms with Gasteiger partial charge in [0, 0.05) is 23.2 Å². The minimum Gasteiger partial charge on any atom is -0.326 e. The Morgan fingerprint density at radius 3 is 2.81 bits per heavy atom. The number of nitrogens with two attached hydrogens (primary N) is 1. The van der Waals surface area contributed by atoms with E-state index in [1.165, 1.54) is 10.5 Å². The fourth-order valence-corrected chi connectivity index (χ4v) is 2.32. The average molecular weight is 231 g/mol. The lowest BCUT2D eigenvalue weighted by molar-refractivity contribution is 0.866. The van der Waals surface area contributed by atoms with Crippen LogP contribution in [0.5, 0.6) is 0 Å². The molecule has 1 aromatic heterocycles. The molecule has 0 bridgehead atoms. The van der Waals surface area contributed by atoms with Crippen LogP contribution in [0.25, 0.3) is 0 Å². The zero-order valence-corrected chi connectivity index (χ0v) is 9.87. The fraction of sp³-hybridized carbons (Fsp3) is 0.167. The van der Waals surface area contributed by atoms with Gasteiger partial charge in [-0.2, -0.15) is 5.10 Å². The van der Waals surface area contributed by atoms with Crippen molar-refractivity contribution in [3.8, 4) is 0 Å². The van der Waals surface area contributed by atoms with Gasteiger partial charge in [-0.15, -0.1) is 5.10 Å². The highest BCUT2D eigenvalue weighted by Gasteiger charge is 2.06. The summed E-state index contributed by atoms with van der Waals surface area (Å²) in [5.74, 6) is 0. The molecular formula is C12H13N3S. The van der Waals surface area contributed by atoms with Gasteiger partial charge in [0.25, 0.3) is 0 Å². The van der Waals surface area contributed by atoms with Crippen molar-refractivity contribution in [3.63, 3.8) is 0 Å². The second kappa shape index (κ2) is 5.09. The van der Waals surface area contributed by atoms with E-state index in [0.717, 1.165) is 10.6 Å². The third-order valence-electron chi connectivity index (χ3n) is 2.29. The first-order valence-corrected chi connectivity index (χ1v) is 5.87. The molecule has 82 valence electrons. The number of hydrogen-bond acceptors (Lipinski definition) is 4. The lowest BCUT2D eigenvalue weighted by Gasteiger charge is -2.06. The Kier molecular flexibility index (Phi) is 3.54. The lowest BCUT2D eigenvalue weighted by atomic mass is 10.2. The zero-order chi connectivity index (χ0) is 11.4. The Morgan fingerprint density at radius 1 is 1.25 bits per heavy atom. The molecule has 0 unspecified atom stereocenters. The highest BCUT2D eigenvalue weighted by Crippen LogP contribution is 2.30. The Hall–Kier alpha value is -1.39. The van der Waals surface area contributed by atoms with Crippen molar-refractivity contribution in [2.75, 3.05) is 0 Å². The molecule has 0 spiro atoms. The minimum absolute atomic E-state index is 0.490. The largest absolute Gasteiger partial charge is 0.326 e. The Labute approximate surface area is 99.1 Å². The van der Waals surface area contributed by atoms with Crippen LogP contribution in [0.4, 0.5) is 0 Å². The van der Waals surface area contributed by atoms with E-state index in [4.69, 9.17) is 5.73 Å². The van der Waals surface area contributed by atoms with Gasteiger partial charge in [0.05, 0.1) is 0 Å². The number of aromatic nitrogens is 2. The first kappa shape index (κ1) is 11.1. The first-order valence-electron chi connectivity index (χ1n) is 5.05. The van der Waals surface area contributed by atoms with E-state index in [0.29, 0.717) is 6.54 Å². The maximum atomic E-state index is 5.66. The topological polar surface area (TPSA) is 51.8 Å². The highest BCUT2D eigenvalue weighted by atomic mass is 32.2. The predicted molar refractivity (Wildman–Crippen MR) is 65.2 cm³/mol. The Balaban J connectivity index is 2.30. The van der Waals surface area contributed by atoms with Crippen LogP contribution in [0.2, 0.25) is 0 Å². The second-order valence-corrected chi connectivity index (χ2v) is 4.46. The van der Waals surface area contributed by atoms with Crippen LogP contribution in [0, 0.1) is 6.92 Å². The molecule has 0 radical (unpaired) electrons. The molecule has 0 fully saturated rings. The molecular weight excluding hydrogens is 218 g/mol. The zero-order valence-electron chi connectivity index (χ0n) is 9.05. The van der Waals surface area contributed by atoms with Crippen LogP contribution in [-0.4, -0.2) is 10.2 Å². The minimum atomic E-state index is 0.490. The maximum absolute atomic E-state index is 5.66. The smallest absolute Gasteiger partial charge is 0.128 e. The van der Waals surface area contributed by atoms with E-state index < -0.39 is 0 Å². The van der Waals surface area contributed by atoms with Gasteiger partial charge in [0.15, 0.2) is 0 Å². The van der Waals surface area contributed by atoms with Crippen LogP contribution in [0.15, 0.2) is 46.5 Å². The maximum Gasteiger partial charge on any atom is 0.128 e. The quantitative estimate of drug-likeness (QED) is 0.881. The van der Waals surface area contributed by atoms with Crippen LogP contribution in [0.1, 0.15) is 11.1 Å². The van der Waals surface area contributed by atoms with Crippen LogP contribution >= 0.6 is 11.8 Å². The monoisotopic (exact) mass is 231 g/mol. The second-order valence-electron chi connectivity index (χ2n) is 3.43. The van der Waals surface area contributed by atoms with Gasteiger partial charge in [-0.3, -0.25) is 0 Å². The van der Waals surface area contributed by atoms with Crippen LogP contribution < -0.4 is 5.73 Å². The third-order valence-corrected chi connectivity index (χ3v) is 3.50. The fourth-order valence-electron chi connectivity index (χ4n) is 1.36. The van der Waals surface area contributed by atoms with Gasteiger partial charge in [-0.25, -0.2) is 0 Å². The molecule has 3 nitrogen and oxygen atoms in total. The molecule has 0 aliphatic carbocycles. The molecule has 1 heterocycles. The van der Waals surface area contributed by atoms with Gasteiger partial charge < -0.3 is 5.73 Å². The Morgan fingerprint density at radius 2 is 2.06 bits per heavy atom. The summed E-state index contributed by atoms with van der Waals surface area (Å²) in [5.41, 5.74) is 7.93. The van der Waals surface area contributed by atoms with E-state index in [9.17, 15) is 0 Å². The summed E-state index contributed by atoms with van der Waals surface area (Å²) < 4.78 is 0. The number of rotatable bonds is 3. The molecule has 4 heteroatoms. The van der Waals surface area contributed by atoms with Crippen molar-refractivity contribution in [3.05, 3.63) is 47.7 Å². The molecule has 2 rings (SSSR count).